The molecule has 1 saturated heterocycles. The molecule has 5 nitrogen and oxygen atoms in total. The number of thiazole rings is 1. The third kappa shape index (κ3) is 4.38. The van der Waals surface area contributed by atoms with Gasteiger partial charge < -0.3 is 9.64 Å². The monoisotopic (exact) mass is 386 g/mol. The topological polar surface area (TPSA) is 59.5 Å². The zero-order valence-electron chi connectivity index (χ0n) is 16.3. The van der Waals surface area contributed by atoms with Crippen LogP contribution in [0.25, 0.3) is 10.6 Å². The van der Waals surface area contributed by atoms with Gasteiger partial charge >= 0.3 is 5.97 Å². The van der Waals surface area contributed by atoms with E-state index >= 15 is 0 Å². The van der Waals surface area contributed by atoms with Crippen molar-refractivity contribution in [1.29, 1.82) is 0 Å². The van der Waals surface area contributed by atoms with Crippen LogP contribution in [0.2, 0.25) is 0 Å². The average molecular weight is 387 g/mol. The van der Waals surface area contributed by atoms with Crippen molar-refractivity contribution in [2.24, 2.45) is 0 Å². The fourth-order valence-corrected chi connectivity index (χ4v) is 4.33. The lowest BCUT2D eigenvalue weighted by Crippen LogP contribution is -2.51. The van der Waals surface area contributed by atoms with Crippen LogP contribution in [-0.2, 0) is 9.53 Å². The van der Waals surface area contributed by atoms with Gasteiger partial charge in [0.25, 0.3) is 5.91 Å². The van der Waals surface area contributed by atoms with Crippen LogP contribution in [0.5, 0.6) is 0 Å². The summed E-state index contributed by atoms with van der Waals surface area (Å²) < 4.78 is 5.43. The number of ether oxygens (including phenoxy) is 1. The van der Waals surface area contributed by atoms with Gasteiger partial charge in [0.05, 0.1) is 0 Å². The van der Waals surface area contributed by atoms with Crippen LogP contribution in [-0.4, -0.2) is 39.9 Å². The molecule has 6 heteroatoms. The van der Waals surface area contributed by atoms with Crippen LogP contribution in [0.15, 0.2) is 29.6 Å². The number of rotatable bonds is 4. The van der Waals surface area contributed by atoms with Crippen molar-refractivity contribution in [3.8, 4) is 10.6 Å². The highest BCUT2D eigenvalue weighted by atomic mass is 32.1. The van der Waals surface area contributed by atoms with E-state index in [1.165, 1.54) is 16.9 Å². The Bertz CT molecular complexity index is 805. The van der Waals surface area contributed by atoms with E-state index in [-0.39, 0.29) is 23.7 Å². The maximum Gasteiger partial charge on any atom is 0.358 e. The molecule has 0 saturated carbocycles. The molecule has 1 aromatic heterocycles. The zero-order valence-corrected chi connectivity index (χ0v) is 17.1. The minimum Gasteiger partial charge on any atom is -0.448 e. The number of carbonyl (C=O) groups excluding carboxylic acids is 2. The van der Waals surface area contributed by atoms with Crippen LogP contribution in [0.4, 0.5) is 0 Å². The average Bonchev–Trinajstić information content (AvgIpc) is 3.12. The van der Waals surface area contributed by atoms with Gasteiger partial charge in [-0.25, -0.2) is 9.78 Å². The zero-order chi connectivity index (χ0) is 19.6. The number of likely N-dealkylation sites (tertiary alicyclic amines) is 1. The van der Waals surface area contributed by atoms with E-state index < -0.39 is 12.1 Å². The number of hydrogen-bond donors (Lipinski definition) is 0. The first-order valence-electron chi connectivity index (χ1n) is 9.42. The van der Waals surface area contributed by atoms with Crippen molar-refractivity contribution < 1.29 is 14.3 Å². The van der Waals surface area contributed by atoms with Crippen molar-refractivity contribution >= 4 is 23.2 Å². The summed E-state index contributed by atoms with van der Waals surface area (Å²) in [6.07, 6.45) is 2.29. The molecule has 1 aliphatic heterocycles. The molecule has 0 aliphatic carbocycles. The fraction of sp³-hybridized carbons (Fsp3) is 0.476. The molecule has 0 unspecified atom stereocenters. The number of carbonyl (C=O) groups is 2. The molecular weight excluding hydrogens is 360 g/mol. The van der Waals surface area contributed by atoms with E-state index in [1.807, 2.05) is 36.1 Å². The molecule has 1 aliphatic rings. The highest BCUT2D eigenvalue weighted by molar-refractivity contribution is 7.13. The summed E-state index contributed by atoms with van der Waals surface area (Å²) in [6, 6.07) is 8.33. The molecule has 144 valence electrons. The summed E-state index contributed by atoms with van der Waals surface area (Å²) in [4.78, 5) is 31.5. The van der Waals surface area contributed by atoms with Gasteiger partial charge in [0.2, 0.25) is 0 Å². The van der Waals surface area contributed by atoms with Crippen LogP contribution in [0, 0.1) is 6.92 Å². The molecule has 0 radical (unpaired) electrons. The van der Waals surface area contributed by atoms with Gasteiger partial charge in [-0.05, 0) is 47.0 Å². The Morgan fingerprint density at radius 2 is 1.81 bits per heavy atom. The Hall–Kier alpha value is -2.21. The minimum atomic E-state index is -0.815. The maximum atomic E-state index is 12.8. The highest BCUT2D eigenvalue weighted by Gasteiger charge is 2.33. The number of amides is 1. The lowest BCUT2D eigenvalue weighted by Gasteiger charge is -2.40. The SMILES string of the molecule is Cc1ccc(-c2nc(C(=O)O[C@@H](C)C(=O)N3[C@@H](C)CCC[C@@H]3C)cs2)cc1. The van der Waals surface area contributed by atoms with Gasteiger partial charge in [-0.15, -0.1) is 11.3 Å². The van der Waals surface area contributed by atoms with Crippen molar-refractivity contribution in [1.82, 2.24) is 9.88 Å². The first-order chi connectivity index (χ1) is 12.9. The van der Waals surface area contributed by atoms with E-state index in [0.29, 0.717) is 0 Å². The molecule has 1 fully saturated rings. The van der Waals surface area contributed by atoms with Crippen molar-refractivity contribution in [2.45, 2.75) is 65.1 Å². The molecule has 0 spiro atoms. The lowest BCUT2D eigenvalue weighted by atomic mass is 9.97. The maximum absolute atomic E-state index is 12.8. The molecule has 0 bridgehead atoms. The third-order valence-electron chi connectivity index (χ3n) is 5.09. The number of aromatic nitrogens is 1. The number of esters is 1. The first-order valence-corrected chi connectivity index (χ1v) is 10.3. The molecule has 3 atom stereocenters. The van der Waals surface area contributed by atoms with Gasteiger partial charge in [-0.2, -0.15) is 0 Å². The summed E-state index contributed by atoms with van der Waals surface area (Å²) >= 11 is 1.39. The fourth-order valence-electron chi connectivity index (χ4n) is 3.53. The predicted molar refractivity (Wildman–Crippen MR) is 107 cm³/mol. The van der Waals surface area contributed by atoms with Gasteiger partial charge in [-0.1, -0.05) is 29.8 Å². The summed E-state index contributed by atoms with van der Waals surface area (Å²) in [5, 5.41) is 2.44. The van der Waals surface area contributed by atoms with E-state index in [1.54, 1.807) is 12.3 Å². The molecule has 3 rings (SSSR count). The van der Waals surface area contributed by atoms with E-state index in [2.05, 4.69) is 18.8 Å². The Kier molecular flexibility index (Phi) is 5.95. The lowest BCUT2D eigenvalue weighted by molar-refractivity contribution is -0.146. The second-order valence-electron chi connectivity index (χ2n) is 7.33. The minimum absolute atomic E-state index is 0.128. The number of nitrogens with zero attached hydrogens (tertiary/aromatic N) is 2. The van der Waals surface area contributed by atoms with E-state index in [4.69, 9.17) is 4.74 Å². The van der Waals surface area contributed by atoms with Crippen molar-refractivity contribution in [3.05, 3.63) is 40.9 Å². The van der Waals surface area contributed by atoms with Gasteiger partial charge in [0.1, 0.15) is 5.01 Å². The Labute approximate surface area is 164 Å². The van der Waals surface area contributed by atoms with Gasteiger partial charge in [-0.3, -0.25) is 4.79 Å². The molecule has 2 heterocycles. The highest BCUT2D eigenvalue weighted by Crippen LogP contribution is 2.26. The molecule has 0 N–H and O–H groups in total. The van der Waals surface area contributed by atoms with Gasteiger partial charge in [0.15, 0.2) is 11.8 Å². The number of piperidine rings is 1. The predicted octanol–water partition coefficient (Wildman–Crippen LogP) is 4.45. The summed E-state index contributed by atoms with van der Waals surface area (Å²) in [7, 11) is 0. The van der Waals surface area contributed by atoms with Crippen LogP contribution < -0.4 is 0 Å². The van der Waals surface area contributed by atoms with E-state index in [9.17, 15) is 9.59 Å². The summed E-state index contributed by atoms with van der Waals surface area (Å²) in [5.41, 5.74) is 2.38. The smallest absolute Gasteiger partial charge is 0.358 e. The second kappa shape index (κ2) is 8.21. The van der Waals surface area contributed by atoms with Crippen molar-refractivity contribution in [2.75, 3.05) is 0 Å². The number of aryl methyl sites for hydroxylation is 1. The molecular formula is C21H26N2O3S. The standard InChI is InChI=1S/C21H26N2O3S/c1-13-8-10-17(11-9-13)19-22-18(12-27-19)21(25)26-16(4)20(24)23-14(2)6-5-7-15(23)3/h8-12,14-16H,5-7H2,1-4H3/t14-,15-,16-/m0/s1. The normalized spacial score (nSPS) is 21.0. The molecule has 2 aromatic rings. The molecule has 1 amide bonds. The summed E-state index contributed by atoms with van der Waals surface area (Å²) in [5.74, 6) is -0.681. The van der Waals surface area contributed by atoms with E-state index in [0.717, 1.165) is 29.8 Å². The van der Waals surface area contributed by atoms with Gasteiger partial charge in [0, 0.05) is 23.0 Å². The Balaban J connectivity index is 1.66. The molecule has 27 heavy (non-hydrogen) atoms. The number of hydrogen-bond acceptors (Lipinski definition) is 5. The Morgan fingerprint density at radius 1 is 1.19 bits per heavy atom. The largest absolute Gasteiger partial charge is 0.448 e. The van der Waals surface area contributed by atoms with Crippen molar-refractivity contribution in [3.63, 3.8) is 0 Å². The van der Waals surface area contributed by atoms with Crippen LogP contribution in [0.3, 0.4) is 0 Å². The number of benzene rings is 1. The van der Waals surface area contributed by atoms with Crippen LogP contribution in [0.1, 0.15) is 56.1 Å². The van der Waals surface area contributed by atoms with Crippen LogP contribution >= 0.6 is 11.3 Å². The first kappa shape index (κ1) is 19.5. The Morgan fingerprint density at radius 3 is 2.44 bits per heavy atom. The quantitative estimate of drug-likeness (QED) is 0.728. The third-order valence-corrected chi connectivity index (χ3v) is 5.98. The summed E-state index contributed by atoms with van der Waals surface area (Å²) in [6.45, 7) is 7.77. The second-order valence-corrected chi connectivity index (χ2v) is 8.18. The molecule has 1 aromatic carbocycles.